The fraction of sp³-hybridized carbons (Fsp3) is 0.312. The van der Waals surface area contributed by atoms with Crippen LogP contribution in [0.15, 0.2) is 37.2 Å². The number of carbonyl (C=O) groups excluding carboxylic acids is 1. The second kappa shape index (κ2) is 7.21. The van der Waals surface area contributed by atoms with Crippen molar-refractivity contribution in [1.82, 2.24) is 34.9 Å². The minimum absolute atomic E-state index is 0.187. The summed E-state index contributed by atoms with van der Waals surface area (Å²) in [6.45, 7) is 1.94. The van der Waals surface area contributed by atoms with Gasteiger partial charge in [-0.3, -0.25) is 4.79 Å². The quantitative estimate of drug-likeness (QED) is 0.743. The summed E-state index contributed by atoms with van der Waals surface area (Å²) in [5, 5.41) is 14.6. The van der Waals surface area contributed by atoms with E-state index in [0.29, 0.717) is 11.6 Å². The molecule has 0 radical (unpaired) electrons. The minimum atomic E-state index is -0.383. The summed E-state index contributed by atoms with van der Waals surface area (Å²) < 4.78 is 1.46. The molecule has 0 atom stereocenters. The fourth-order valence-corrected chi connectivity index (χ4v) is 2.79. The first-order valence-electron chi connectivity index (χ1n) is 8.37. The van der Waals surface area contributed by atoms with Crippen LogP contribution in [0.25, 0.3) is 5.82 Å². The van der Waals surface area contributed by atoms with E-state index in [1.54, 1.807) is 18.2 Å². The van der Waals surface area contributed by atoms with Crippen molar-refractivity contribution < 1.29 is 4.79 Å². The largest absolute Gasteiger partial charge is 0.356 e. The first-order valence-corrected chi connectivity index (χ1v) is 8.37. The first-order chi connectivity index (χ1) is 12.8. The summed E-state index contributed by atoms with van der Waals surface area (Å²) in [5.74, 6) is 1.36. The maximum atomic E-state index is 12.4. The highest BCUT2D eigenvalue weighted by molar-refractivity contribution is 6.02. The van der Waals surface area contributed by atoms with Crippen LogP contribution in [0.5, 0.6) is 0 Å². The van der Waals surface area contributed by atoms with Crippen molar-refractivity contribution in [2.24, 2.45) is 0 Å². The van der Waals surface area contributed by atoms with Crippen LogP contribution in [0, 0.1) is 0 Å². The molecule has 1 fully saturated rings. The van der Waals surface area contributed by atoms with Gasteiger partial charge < -0.3 is 10.2 Å². The smallest absolute Gasteiger partial charge is 0.277 e. The number of hydrogen-bond donors (Lipinski definition) is 1. The zero-order valence-electron chi connectivity index (χ0n) is 14.0. The van der Waals surface area contributed by atoms with Crippen molar-refractivity contribution >= 4 is 17.5 Å². The van der Waals surface area contributed by atoms with E-state index in [1.807, 2.05) is 0 Å². The molecule has 1 N–H and O–H groups in total. The molecule has 10 heteroatoms. The van der Waals surface area contributed by atoms with Gasteiger partial charge in [0.15, 0.2) is 11.5 Å². The Morgan fingerprint density at radius 2 is 1.88 bits per heavy atom. The van der Waals surface area contributed by atoms with Crippen molar-refractivity contribution in [3.63, 3.8) is 0 Å². The summed E-state index contributed by atoms with van der Waals surface area (Å²) in [4.78, 5) is 26.8. The van der Waals surface area contributed by atoms with E-state index in [9.17, 15) is 4.79 Å². The second-order valence-corrected chi connectivity index (χ2v) is 5.88. The Morgan fingerprint density at radius 1 is 1.00 bits per heavy atom. The van der Waals surface area contributed by atoms with Crippen molar-refractivity contribution in [2.45, 2.75) is 19.3 Å². The highest BCUT2D eigenvalue weighted by Crippen LogP contribution is 2.19. The van der Waals surface area contributed by atoms with Crippen LogP contribution in [-0.4, -0.2) is 53.9 Å². The molecule has 1 aliphatic heterocycles. The summed E-state index contributed by atoms with van der Waals surface area (Å²) in [6.07, 6.45) is 7.91. The molecular weight excluding hydrogens is 334 g/mol. The molecule has 4 rings (SSSR count). The third-order valence-corrected chi connectivity index (χ3v) is 4.11. The molecule has 0 spiro atoms. The van der Waals surface area contributed by atoms with Crippen LogP contribution in [0.2, 0.25) is 0 Å². The lowest BCUT2D eigenvalue weighted by Gasteiger charge is -2.27. The summed E-state index contributed by atoms with van der Waals surface area (Å²) >= 11 is 0. The van der Waals surface area contributed by atoms with Gasteiger partial charge in [-0.05, 0) is 31.4 Å². The highest BCUT2D eigenvalue weighted by atomic mass is 16.2. The molecule has 3 aromatic heterocycles. The van der Waals surface area contributed by atoms with E-state index in [1.165, 1.54) is 30.1 Å². The fourth-order valence-electron chi connectivity index (χ4n) is 2.79. The lowest BCUT2D eigenvalue weighted by atomic mass is 10.1. The molecule has 132 valence electrons. The second-order valence-electron chi connectivity index (χ2n) is 5.88. The van der Waals surface area contributed by atoms with Gasteiger partial charge in [-0.1, -0.05) is 0 Å². The van der Waals surface area contributed by atoms with E-state index in [-0.39, 0.29) is 11.6 Å². The number of rotatable bonds is 4. The van der Waals surface area contributed by atoms with Gasteiger partial charge in [0, 0.05) is 19.2 Å². The van der Waals surface area contributed by atoms with E-state index < -0.39 is 0 Å². The predicted octanol–water partition coefficient (Wildman–Crippen LogP) is 1.09. The van der Waals surface area contributed by atoms with Crippen LogP contribution in [0.1, 0.15) is 29.8 Å². The Balaban J connectivity index is 1.46. The summed E-state index contributed by atoms with van der Waals surface area (Å²) in [5.41, 5.74) is 0.187. The average molecular weight is 351 g/mol. The molecule has 0 saturated carbocycles. The molecule has 0 bridgehead atoms. The maximum absolute atomic E-state index is 12.4. The van der Waals surface area contributed by atoms with E-state index in [2.05, 4.69) is 40.5 Å². The SMILES string of the molecule is O=C(Nc1cc(N2CCCCC2)ncn1)c1ccc(-n2cncn2)nn1. The van der Waals surface area contributed by atoms with Crippen LogP contribution in [-0.2, 0) is 0 Å². The van der Waals surface area contributed by atoms with Gasteiger partial charge in [0.1, 0.15) is 30.6 Å². The van der Waals surface area contributed by atoms with E-state index in [4.69, 9.17) is 0 Å². The number of aromatic nitrogens is 7. The van der Waals surface area contributed by atoms with E-state index >= 15 is 0 Å². The van der Waals surface area contributed by atoms with Crippen molar-refractivity contribution in [3.05, 3.63) is 42.9 Å². The van der Waals surface area contributed by atoms with Gasteiger partial charge in [-0.15, -0.1) is 10.2 Å². The predicted molar refractivity (Wildman–Crippen MR) is 93.0 cm³/mol. The number of carbonyl (C=O) groups is 1. The van der Waals surface area contributed by atoms with Crippen LogP contribution < -0.4 is 10.2 Å². The average Bonchev–Trinajstić information content (AvgIpc) is 3.24. The third kappa shape index (κ3) is 3.48. The van der Waals surface area contributed by atoms with Gasteiger partial charge in [0.2, 0.25) is 0 Å². The first kappa shape index (κ1) is 16.1. The zero-order valence-corrected chi connectivity index (χ0v) is 14.0. The van der Waals surface area contributed by atoms with Crippen LogP contribution in [0.4, 0.5) is 11.6 Å². The lowest BCUT2D eigenvalue weighted by Crippen LogP contribution is -2.30. The Kier molecular flexibility index (Phi) is 4.46. The number of nitrogens with one attached hydrogen (secondary N) is 1. The van der Waals surface area contributed by atoms with Gasteiger partial charge in [0.25, 0.3) is 5.91 Å². The standard InChI is InChI=1S/C16H17N9O/c26-16(12-4-5-14(23-22-12)25-11-17-9-20-25)21-13-8-15(19-10-18-13)24-6-2-1-3-7-24/h4-5,8-11H,1-3,6-7H2,(H,18,19,21,26). The molecule has 26 heavy (non-hydrogen) atoms. The van der Waals surface area contributed by atoms with Crippen LogP contribution in [0.3, 0.4) is 0 Å². The number of anilines is 2. The van der Waals surface area contributed by atoms with Crippen molar-refractivity contribution in [1.29, 1.82) is 0 Å². The number of nitrogens with zero attached hydrogens (tertiary/aromatic N) is 8. The van der Waals surface area contributed by atoms with E-state index in [0.717, 1.165) is 31.7 Å². The van der Waals surface area contributed by atoms with Crippen molar-refractivity contribution in [2.75, 3.05) is 23.3 Å². The van der Waals surface area contributed by atoms with Crippen LogP contribution >= 0.6 is 0 Å². The van der Waals surface area contributed by atoms with Gasteiger partial charge in [0.05, 0.1) is 0 Å². The number of amides is 1. The minimum Gasteiger partial charge on any atom is -0.356 e. The van der Waals surface area contributed by atoms with Gasteiger partial charge in [-0.2, -0.15) is 5.10 Å². The Bertz CT molecular complexity index is 873. The maximum Gasteiger partial charge on any atom is 0.277 e. The molecule has 1 amide bonds. The monoisotopic (exact) mass is 351 g/mol. The zero-order chi connectivity index (χ0) is 17.8. The molecule has 10 nitrogen and oxygen atoms in total. The Hall–Kier alpha value is -3.43. The molecule has 0 unspecified atom stereocenters. The van der Waals surface area contributed by atoms with Gasteiger partial charge >= 0.3 is 0 Å². The Morgan fingerprint density at radius 3 is 2.62 bits per heavy atom. The number of hydrogen-bond acceptors (Lipinski definition) is 8. The molecule has 1 aliphatic rings. The molecule has 0 aromatic carbocycles. The topological polar surface area (TPSA) is 115 Å². The normalized spacial score (nSPS) is 14.2. The van der Waals surface area contributed by atoms with Crippen molar-refractivity contribution in [3.8, 4) is 5.82 Å². The molecule has 1 saturated heterocycles. The highest BCUT2D eigenvalue weighted by Gasteiger charge is 2.15. The summed E-state index contributed by atoms with van der Waals surface area (Å²) in [7, 11) is 0. The molecule has 4 heterocycles. The molecule has 0 aliphatic carbocycles. The number of piperidine rings is 1. The summed E-state index contributed by atoms with van der Waals surface area (Å²) in [6, 6.07) is 5.00. The Labute approximate surface area is 149 Å². The molecule has 3 aromatic rings. The van der Waals surface area contributed by atoms with Gasteiger partial charge in [-0.25, -0.2) is 19.6 Å². The third-order valence-electron chi connectivity index (χ3n) is 4.11. The lowest BCUT2D eigenvalue weighted by molar-refractivity contribution is 0.102. The molecular formula is C16H17N9O.